The highest BCUT2D eigenvalue weighted by Gasteiger charge is 2.16. The Morgan fingerprint density at radius 3 is 3.21 bits per heavy atom. The molecule has 0 amide bonds. The molecule has 0 aliphatic carbocycles. The smallest absolute Gasteiger partial charge is 0.0874 e. The minimum Gasteiger partial charge on any atom is -0.366 e. The van der Waals surface area contributed by atoms with Crippen LogP contribution in [0.4, 0.5) is 11.4 Å². The average molecular weight is 185 g/mol. The Morgan fingerprint density at radius 1 is 1.36 bits per heavy atom. The quantitative estimate of drug-likeness (QED) is 0.681. The molecule has 1 N–H and O–H groups in total. The summed E-state index contributed by atoms with van der Waals surface area (Å²) in [5, 5.41) is 4.58. The molecule has 70 valence electrons. The number of benzene rings is 1. The number of fused-ring (bicyclic) bond motifs is 3. The van der Waals surface area contributed by atoms with E-state index in [-0.39, 0.29) is 0 Å². The SMILES string of the molecule is CN1CNc2c1ccc1ncccc21. The minimum absolute atomic E-state index is 0.878. The van der Waals surface area contributed by atoms with Crippen LogP contribution in [0.3, 0.4) is 0 Å². The van der Waals surface area contributed by atoms with E-state index >= 15 is 0 Å². The predicted octanol–water partition coefficient (Wildman–Crippen LogP) is 2.05. The Morgan fingerprint density at radius 2 is 2.29 bits per heavy atom. The average Bonchev–Trinajstić information content (AvgIpc) is 2.61. The maximum Gasteiger partial charge on any atom is 0.0874 e. The fourth-order valence-corrected chi connectivity index (χ4v) is 1.93. The van der Waals surface area contributed by atoms with Crippen molar-refractivity contribution in [3.05, 3.63) is 30.5 Å². The Kier molecular flexibility index (Phi) is 1.42. The zero-order valence-corrected chi connectivity index (χ0v) is 7.99. The zero-order chi connectivity index (χ0) is 9.54. The summed E-state index contributed by atoms with van der Waals surface area (Å²) in [5.74, 6) is 0. The normalized spacial score (nSPS) is 14.2. The molecule has 1 aromatic heterocycles. The number of anilines is 2. The first-order chi connectivity index (χ1) is 6.86. The molecule has 2 heterocycles. The van der Waals surface area contributed by atoms with Crippen molar-refractivity contribution in [1.82, 2.24) is 4.98 Å². The highest BCUT2D eigenvalue weighted by Crippen LogP contribution is 2.35. The number of rotatable bonds is 0. The van der Waals surface area contributed by atoms with E-state index in [0.29, 0.717) is 0 Å². The third kappa shape index (κ3) is 0.894. The van der Waals surface area contributed by atoms with Crippen LogP contribution in [0.25, 0.3) is 10.9 Å². The van der Waals surface area contributed by atoms with Crippen LogP contribution < -0.4 is 10.2 Å². The summed E-state index contributed by atoms with van der Waals surface area (Å²) in [6.45, 7) is 0.878. The van der Waals surface area contributed by atoms with Crippen LogP contribution in [-0.2, 0) is 0 Å². The second kappa shape index (κ2) is 2.61. The van der Waals surface area contributed by atoms with Crippen molar-refractivity contribution in [2.75, 3.05) is 23.9 Å². The van der Waals surface area contributed by atoms with Gasteiger partial charge in [0.05, 0.1) is 23.6 Å². The van der Waals surface area contributed by atoms with Gasteiger partial charge in [0.25, 0.3) is 0 Å². The second-order valence-electron chi connectivity index (χ2n) is 3.56. The van der Waals surface area contributed by atoms with Crippen LogP contribution >= 0.6 is 0 Å². The molecule has 3 heteroatoms. The lowest BCUT2D eigenvalue weighted by Crippen LogP contribution is -2.15. The molecule has 3 nitrogen and oxygen atoms in total. The number of hydrogen-bond donors (Lipinski definition) is 1. The molecule has 0 saturated carbocycles. The number of nitrogens with one attached hydrogen (secondary N) is 1. The summed E-state index contributed by atoms with van der Waals surface area (Å²) in [4.78, 5) is 6.52. The van der Waals surface area contributed by atoms with Crippen molar-refractivity contribution in [2.24, 2.45) is 0 Å². The lowest BCUT2D eigenvalue weighted by atomic mass is 10.1. The van der Waals surface area contributed by atoms with Crippen molar-refractivity contribution in [3.8, 4) is 0 Å². The molecule has 1 aliphatic rings. The number of aromatic nitrogens is 1. The van der Waals surface area contributed by atoms with Crippen LogP contribution in [0, 0.1) is 0 Å². The van der Waals surface area contributed by atoms with Crippen molar-refractivity contribution in [2.45, 2.75) is 0 Å². The minimum atomic E-state index is 0.878. The lowest BCUT2D eigenvalue weighted by Gasteiger charge is -2.09. The molecule has 0 atom stereocenters. The highest BCUT2D eigenvalue weighted by molar-refractivity contribution is 6.00. The summed E-state index contributed by atoms with van der Waals surface area (Å²) in [5.41, 5.74) is 3.51. The predicted molar refractivity (Wildman–Crippen MR) is 58.6 cm³/mol. The van der Waals surface area contributed by atoms with Gasteiger partial charge in [-0.05, 0) is 24.3 Å². The van der Waals surface area contributed by atoms with E-state index in [1.165, 1.54) is 16.8 Å². The van der Waals surface area contributed by atoms with E-state index in [0.717, 1.165) is 12.2 Å². The molecule has 1 aromatic carbocycles. The van der Waals surface area contributed by atoms with Gasteiger partial charge in [0, 0.05) is 18.6 Å². The van der Waals surface area contributed by atoms with Crippen molar-refractivity contribution in [3.63, 3.8) is 0 Å². The summed E-state index contributed by atoms with van der Waals surface area (Å²) >= 11 is 0. The van der Waals surface area contributed by atoms with Gasteiger partial charge in [0.2, 0.25) is 0 Å². The maximum atomic E-state index is 4.33. The molecule has 0 unspecified atom stereocenters. The summed E-state index contributed by atoms with van der Waals surface area (Å²) in [7, 11) is 2.08. The monoisotopic (exact) mass is 185 g/mol. The summed E-state index contributed by atoms with van der Waals surface area (Å²) < 4.78 is 0. The number of hydrogen-bond acceptors (Lipinski definition) is 3. The first-order valence-corrected chi connectivity index (χ1v) is 4.69. The molecular formula is C11H11N3. The molecule has 1 aliphatic heterocycles. The Labute approximate surface area is 82.4 Å². The van der Waals surface area contributed by atoms with E-state index < -0.39 is 0 Å². The van der Waals surface area contributed by atoms with Crippen molar-refractivity contribution < 1.29 is 0 Å². The van der Waals surface area contributed by atoms with E-state index in [1.807, 2.05) is 12.3 Å². The van der Waals surface area contributed by atoms with Crippen LogP contribution in [0.15, 0.2) is 30.5 Å². The van der Waals surface area contributed by atoms with Gasteiger partial charge in [-0.25, -0.2) is 0 Å². The Bertz CT molecular complexity index is 493. The fourth-order valence-electron chi connectivity index (χ4n) is 1.93. The first-order valence-electron chi connectivity index (χ1n) is 4.69. The largest absolute Gasteiger partial charge is 0.366 e. The topological polar surface area (TPSA) is 28.2 Å². The third-order valence-corrected chi connectivity index (χ3v) is 2.67. The molecular weight excluding hydrogens is 174 g/mol. The molecule has 0 saturated heterocycles. The van der Waals surface area contributed by atoms with Gasteiger partial charge in [-0.3, -0.25) is 4.98 Å². The van der Waals surface area contributed by atoms with Crippen molar-refractivity contribution >= 4 is 22.3 Å². The second-order valence-corrected chi connectivity index (χ2v) is 3.56. The fraction of sp³-hybridized carbons (Fsp3) is 0.182. The van der Waals surface area contributed by atoms with Crippen LogP contribution in [0.1, 0.15) is 0 Å². The van der Waals surface area contributed by atoms with Gasteiger partial charge in [-0.1, -0.05) is 0 Å². The van der Waals surface area contributed by atoms with E-state index in [2.05, 4.69) is 40.4 Å². The molecule has 0 spiro atoms. The number of pyridine rings is 1. The molecule has 14 heavy (non-hydrogen) atoms. The molecule has 0 bridgehead atoms. The van der Waals surface area contributed by atoms with Gasteiger partial charge in [-0.15, -0.1) is 0 Å². The standard InChI is InChI=1S/C11H11N3/c1-14-7-13-11-8-3-2-6-12-9(8)4-5-10(11)14/h2-6,13H,7H2,1H3. The Hall–Kier alpha value is -1.77. The van der Waals surface area contributed by atoms with Gasteiger partial charge in [-0.2, -0.15) is 0 Å². The summed E-state index contributed by atoms with van der Waals surface area (Å²) in [6.07, 6.45) is 1.83. The van der Waals surface area contributed by atoms with Crippen LogP contribution in [-0.4, -0.2) is 18.7 Å². The van der Waals surface area contributed by atoms with Gasteiger partial charge >= 0.3 is 0 Å². The maximum absolute atomic E-state index is 4.33. The van der Waals surface area contributed by atoms with Gasteiger partial charge in [0.15, 0.2) is 0 Å². The van der Waals surface area contributed by atoms with Gasteiger partial charge < -0.3 is 10.2 Å². The molecule has 2 aromatic rings. The van der Waals surface area contributed by atoms with Crippen molar-refractivity contribution in [1.29, 1.82) is 0 Å². The first kappa shape index (κ1) is 7.62. The Balaban J connectivity index is 2.38. The lowest BCUT2D eigenvalue weighted by molar-refractivity contribution is 1.03. The highest BCUT2D eigenvalue weighted by atomic mass is 15.3. The van der Waals surface area contributed by atoms with E-state index in [9.17, 15) is 0 Å². The summed E-state index contributed by atoms with van der Waals surface area (Å²) in [6, 6.07) is 8.26. The van der Waals surface area contributed by atoms with E-state index in [1.54, 1.807) is 0 Å². The third-order valence-electron chi connectivity index (χ3n) is 2.67. The number of nitrogens with zero attached hydrogens (tertiary/aromatic N) is 2. The molecule has 0 radical (unpaired) electrons. The van der Waals surface area contributed by atoms with Crippen LogP contribution in [0.2, 0.25) is 0 Å². The zero-order valence-electron chi connectivity index (χ0n) is 7.99. The van der Waals surface area contributed by atoms with E-state index in [4.69, 9.17) is 0 Å². The molecule has 3 rings (SSSR count). The van der Waals surface area contributed by atoms with Crippen LogP contribution in [0.5, 0.6) is 0 Å². The van der Waals surface area contributed by atoms with Gasteiger partial charge in [0.1, 0.15) is 0 Å². The molecule has 0 fully saturated rings.